The fraction of sp³-hybridized carbons (Fsp3) is 0.385. The highest BCUT2D eigenvalue weighted by Gasteiger charge is 2.50. The van der Waals surface area contributed by atoms with Crippen LogP contribution in [0.1, 0.15) is 55.7 Å². The summed E-state index contributed by atoms with van der Waals surface area (Å²) in [6.07, 6.45) is 4.85. The van der Waals surface area contributed by atoms with E-state index >= 15 is 0 Å². The van der Waals surface area contributed by atoms with Gasteiger partial charge in [0.25, 0.3) is 5.91 Å². The molecular weight excluding hydrogens is 435 g/mol. The molecule has 2 aromatic carbocycles. The van der Waals surface area contributed by atoms with E-state index in [4.69, 9.17) is 5.26 Å². The van der Waals surface area contributed by atoms with Crippen LogP contribution in [0.5, 0.6) is 0 Å². The molecule has 1 unspecified atom stereocenters. The molecule has 0 bridgehead atoms. The predicted octanol–water partition coefficient (Wildman–Crippen LogP) is 3.83. The molecule has 176 valence electrons. The molecule has 1 saturated carbocycles. The molecule has 0 radical (unpaired) electrons. The van der Waals surface area contributed by atoms with E-state index in [0.717, 1.165) is 42.6 Å². The van der Waals surface area contributed by atoms with Crippen LogP contribution in [-0.2, 0) is 21.7 Å². The number of carbonyl (C=O) groups excluding carboxylic acids is 3. The van der Waals surface area contributed by atoms with Crippen LogP contribution in [0.4, 0.5) is 9.18 Å². The number of nitriles is 1. The maximum Gasteiger partial charge on any atom is 0.325 e. The van der Waals surface area contributed by atoms with Gasteiger partial charge < -0.3 is 10.2 Å². The lowest BCUT2D eigenvalue weighted by Crippen LogP contribution is -2.48. The number of urea groups is 1. The Hall–Kier alpha value is -3.73. The van der Waals surface area contributed by atoms with Gasteiger partial charge in [0.2, 0.25) is 5.91 Å². The number of amides is 4. The Bertz CT molecular complexity index is 1120. The molecule has 2 fully saturated rings. The highest BCUT2D eigenvalue weighted by molar-refractivity contribution is 6.09. The number of carbonyl (C=O) groups is 3. The first-order valence-electron chi connectivity index (χ1n) is 11.5. The van der Waals surface area contributed by atoms with E-state index in [1.54, 1.807) is 48.2 Å². The van der Waals surface area contributed by atoms with Crippen LogP contribution in [0.2, 0.25) is 0 Å². The molecule has 1 heterocycles. The number of benzene rings is 2. The zero-order valence-electron chi connectivity index (χ0n) is 19.1. The second-order valence-electron chi connectivity index (χ2n) is 9.08. The lowest BCUT2D eigenvalue weighted by atomic mass is 9.91. The third kappa shape index (κ3) is 4.65. The average molecular weight is 463 g/mol. The number of halogens is 1. The minimum atomic E-state index is -1.32. The number of imide groups is 1. The van der Waals surface area contributed by atoms with E-state index < -0.39 is 17.5 Å². The first-order chi connectivity index (χ1) is 16.3. The fourth-order valence-electron chi connectivity index (χ4n) is 4.74. The van der Waals surface area contributed by atoms with Crippen molar-refractivity contribution in [3.63, 3.8) is 0 Å². The summed E-state index contributed by atoms with van der Waals surface area (Å²) in [5.41, 5.74) is 0.452. The van der Waals surface area contributed by atoms with Gasteiger partial charge in [-0.05, 0) is 55.2 Å². The van der Waals surface area contributed by atoms with Crippen molar-refractivity contribution in [3.05, 3.63) is 71.0 Å². The summed E-state index contributed by atoms with van der Waals surface area (Å²) in [6, 6.07) is 13.9. The molecule has 0 aromatic heterocycles. The van der Waals surface area contributed by atoms with Crippen LogP contribution in [-0.4, -0.2) is 40.2 Å². The van der Waals surface area contributed by atoms with Crippen molar-refractivity contribution >= 4 is 17.8 Å². The second-order valence-corrected chi connectivity index (χ2v) is 9.08. The zero-order valence-corrected chi connectivity index (χ0v) is 19.1. The third-order valence-electron chi connectivity index (χ3n) is 6.76. The quantitative estimate of drug-likeness (QED) is 0.661. The summed E-state index contributed by atoms with van der Waals surface area (Å²) in [5, 5.41) is 11.7. The SMILES string of the molecule is CC1(c2ccc(C#N)cc2)NC(=O)N(CC(=O)N(Cc2ccc(F)cc2)C2CCCCC2)C1=O. The average Bonchev–Trinajstić information content (AvgIpc) is 3.08. The Labute approximate surface area is 198 Å². The van der Waals surface area contributed by atoms with Gasteiger partial charge in [0, 0.05) is 12.6 Å². The van der Waals surface area contributed by atoms with Gasteiger partial charge >= 0.3 is 6.03 Å². The summed E-state index contributed by atoms with van der Waals surface area (Å²) in [7, 11) is 0. The topological polar surface area (TPSA) is 93.5 Å². The molecule has 8 heteroatoms. The lowest BCUT2D eigenvalue weighted by molar-refractivity contribution is -0.141. The molecule has 2 aliphatic rings. The first kappa shape index (κ1) is 23.4. The molecule has 1 aliphatic heterocycles. The largest absolute Gasteiger partial charge is 0.334 e. The number of nitrogens with one attached hydrogen (secondary N) is 1. The van der Waals surface area contributed by atoms with Crippen LogP contribution in [0.25, 0.3) is 0 Å². The van der Waals surface area contributed by atoms with Crippen molar-refractivity contribution in [2.45, 2.75) is 57.2 Å². The summed E-state index contributed by atoms with van der Waals surface area (Å²) in [6.45, 7) is 1.52. The predicted molar refractivity (Wildman–Crippen MR) is 123 cm³/mol. The molecule has 34 heavy (non-hydrogen) atoms. The van der Waals surface area contributed by atoms with E-state index in [0.29, 0.717) is 17.7 Å². The first-order valence-corrected chi connectivity index (χ1v) is 11.5. The molecular formula is C26H27FN4O3. The normalized spacial score (nSPS) is 20.7. The van der Waals surface area contributed by atoms with Crippen molar-refractivity contribution in [2.75, 3.05) is 6.54 Å². The van der Waals surface area contributed by atoms with Crippen molar-refractivity contribution in [1.82, 2.24) is 15.1 Å². The number of hydrogen-bond acceptors (Lipinski definition) is 4. The Morgan fingerprint density at radius 3 is 2.38 bits per heavy atom. The van der Waals surface area contributed by atoms with Crippen molar-refractivity contribution < 1.29 is 18.8 Å². The van der Waals surface area contributed by atoms with Crippen molar-refractivity contribution in [2.24, 2.45) is 0 Å². The van der Waals surface area contributed by atoms with E-state index in [1.807, 2.05) is 6.07 Å². The minimum Gasteiger partial charge on any atom is -0.334 e. The lowest BCUT2D eigenvalue weighted by Gasteiger charge is -2.35. The summed E-state index contributed by atoms with van der Waals surface area (Å²) in [4.78, 5) is 42.2. The zero-order chi connectivity index (χ0) is 24.3. The maximum absolute atomic E-state index is 13.4. The Balaban J connectivity index is 1.54. The van der Waals surface area contributed by atoms with Crippen molar-refractivity contribution in [1.29, 1.82) is 5.26 Å². The molecule has 1 aliphatic carbocycles. The second kappa shape index (κ2) is 9.64. The molecule has 0 spiro atoms. The fourth-order valence-corrected chi connectivity index (χ4v) is 4.74. The molecule has 4 rings (SSSR count). The van der Waals surface area contributed by atoms with Gasteiger partial charge in [0.1, 0.15) is 17.9 Å². The standard InChI is InChI=1S/C26H27FN4O3/c1-26(20-11-7-18(15-28)8-12-20)24(33)31(25(34)29-26)17-23(32)30(22-5-3-2-4-6-22)16-19-9-13-21(27)14-10-19/h7-14,22H,2-6,16-17H2,1H3,(H,29,34). The highest BCUT2D eigenvalue weighted by atomic mass is 19.1. The van der Waals surface area contributed by atoms with Crippen LogP contribution < -0.4 is 5.32 Å². The van der Waals surface area contributed by atoms with Crippen LogP contribution >= 0.6 is 0 Å². The van der Waals surface area contributed by atoms with Gasteiger partial charge in [-0.1, -0.05) is 43.5 Å². The van der Waals surface area contributed by atoms with Crippen LogP contribution in [0, 0.1) is 17.1 Å². The van der Waals surface area contributed by atoms with E-state index in [1.165, 1.54) is 12.1 Å². The van der Waals surface area contributed by atoms with Crippen LogP contribution in [0.15, 0.2) is 48.5 Å². The number of hydrogen-bond donors (Lipinski definition) is 1. The molecule has 2 aromatic rings. The maximum atomic E-state index is 13.4. The summed E-state index contributed by atoms with van der Waals surface area (Å²) >= 11 is 0. The smallest absolute Gasteiger partial charge is 0.325 e. The minimum absolute atomic E-state index is 0.0111. The van der Waals surface area contributed by atoms with E-state index in [2.05, 4.69) is 5.32 Å². The summed E-state index contributed by atoms with van der Waals surface area (Å²) < 4.78 is 13.4. The van der Waals surface area contributed by atoms with E-state index in [-0.39, 0.29) is 24.3 Å². The highest BCUT2D eigenvalue weighted by Crippen LogP contribution is 2.30. The van der Waals surface area contributed by atoms with Gasteiger partial charge in [-0.25, -0.2) is 9.18 Å². The van der Waals surface area contributed by atoms with Crippen molar-refractivity contribution in [3.8, 4) is 6.07 Å². The molecule has 1 N–H and O–H groups in total. The Morgan fingerprint density at radius 1 is 1.12 bits per heavy atom. The molecule has 7 nitrogen and oxygen atoms in total. The monoisotopic (exact) mass is 462 g/mol. The van der Waals surface area contributed by atoms with Gasteiger partial charge in [0.05, 0.1) is 11.6 Å². The Kier molecular flexibility index (Phi) is 6.64. The molecule has 4 amide bonds. The molecule has 1 saturated heterocycles. The van der Waals surface area contributed by atoms with Gasteiger partial charge in [-0.2, -0.15) is 5.26 Å². The number of nitrogens with zero attached hydrogens (tertiary/aromatic N) is 3. The Morgan fingerprint density at radius 2 is 1.76 bits per heavy atom. The van der Waals surface area contributed by atoms with Gasteiger partial charge in [-0.15, -0.1) is 0 Å². The van der Waals surface area contributed by atoms with Gasteiger partial charge in [0.15, 0.2) is 0 Å². The van der Waals surface area contributed by atoms with Gasteiger partial charge in [-0.3, -0.25) is 14.5 Å². The number of rotatable bonds is 6. The molecule has 1 atom stereocenters. The van der Waals surface area contributed by atoms with E-state index in [9.17, 15) is 18.8 Å². The summed E-state index contributed by atoms with van der Waals surface area (Å²) in [5.74, 6) is -1.18. The third-order valence-corrected chi connectivity index (χ3v) is 6.76. The van der Waals surface area contributed by atoms with Crippen LogP contribution in [0.3, 0.4) is 0 Å².